The number of para-hydroxylation sites is 2. The second-order valence-electron chi connectivity index (χ2n) is 5.49. The Balaban J connectivity index is 1.80. The Morgan fingerprint density at radius 1 is 1.09 bits per heavy atom. The van der Waals surface area contributed by atoms with Gasteiger partial charge in [-0.2, -0.15) is 0 Å². The summed E-state index contributed by atoms with van der Waals surface area (Å²) in [5, 5.41) is 0. The second kappa shape index (κ2) is 5.22. The average Bonchev–Trinajstić information content (AvgIpc) is 2.60. The maximum Gasteiger partial charge on any atom is 0.214 e. The second-order valence-corrected chi connectivity index (χ2v) is 5.49. The van der Waals surface area contributed by atoms with Crippen LogP contribution in [0.15, 0.2) is 48.7 Å². The minimum absolute atomic E-state index is 0.797. The van der Waals surface area contributed by atoms with E-state index in [2.05, 4.69) is 16.0 Å². The molecule has 0 fully saturated rings. The number of aryl methyl sites for hydroxylation is 1. The number of nitrogens with zero attached hydrogens (tertiary/aromatic N) is 3. The Hall–Kier alpha value is -2.75. The lowest BCUT2D eigenvalue weighted by atomic mass is 9.98. The SMILES string of the molecule is O=CN1CCCc2cc(-c3cnc4ccccc4n3)ccc21. The molecule has 108 valence electrons. The molecule has 4 nitrogen and oxygen atoms in total. The highest BCUT2D eigenvalue weighted by Gasteiger charge is 2.17. The van der Waals surface area contributed by atoms with E-state index in [1.807, 2.05) is 42.6 Å². The number of carbonyl (C=O) groups excluding carboxylic acids is 1. The van der Waals surface area contributed by atoms with Crippen molar-refractivity contribution in [3.8, 4) is 11.3 Å². The van der Waals surface area contributed by atoms with Crippen LogP contribution in [0.1, 0.15) is 12.0 Å². The van der Waals surface area contributed by atoms with E-state index in [4.69, 9.17) is 0 Å². The number of hydrogen-bond donors (Lipinski definition) is 0. The fourth-order valence-electron chi connectivity index (χ4n) is 2.99. The average molecular weight is 289 g/mol. The van der Waals surface area contributed by atoms with Gasteiger partial charge in [0.15, 0.2) is 0 Å². The molecule has 1 aliphatic rings. The van der Waals surface area contributed by atoms with Crippen LogP contribution in [-0.2, 0) is 11.2 Å². The molecule has 0 atom stereocenters. The Bertz CT molecular complexity index is 860. The molecule has 1 aromatic heterocycles. The smallest absolute Gasteiger partial charge is 0.214 e. The molecule has 0 saturated heterocycles. The van der Waals surface area contributed by atoms with Crippen LogP contribution in [-0.4, -0.2) is 22.9 Å². The topological polar surface area (TPSA) is 46.1 Å². The number of carbonyl (C=O) groups is 1. The lowest BCUT2D eigenvalue weighted by Gasteiger charge is -2.26. The van der Waals surface area contributed by atoms with Crippen molar-refractivity contribution in [3.63, 3.8) is 0 Å². The monoisotopic (exact) mass is 289 g/mol. The Morgan fingerprint density at radius 3 is 2.82 bits per heavy atom. The highest BCUT2D eigenvalue weighted by molar-refractivity contribution is 5.81. The van der Waals surface area contributed by atoms with E-state index in [0.717, 1.165) is 53.8 Å². The number of benzene rings is 2. The van der Waals surface area contributed by atoms with Crippen LogP contribution in [0.25, 0.3) is 22.3 Å². The predicted molar refractivity (Wildman–Crippen MR) is 86.7 cm³/mol. The van der Waals surface area contributed by atoms with Crippen molar-refractivity contribution in [3.05, 3.63) is 54.2 Å². The van der Waals surface area contributed by atoms with E-state index >= 15 is 0 Å². The lowest BCUT2D eigenvalue weighted by molar-refractivity contribution is -0.107. The molecule has 3 aromatic rings. The Labute approximate surface area is 128 Å². The molecule has 0 N–H and O–H groups in total. The van der Waals surface area contributed by atoms with Crippen molar-refractivity contribution in [2.45, 2.75) is 12.8 Å². The molecule has 2 aromatic carbocycles. The first-order chi connectivity index (χ1) is 10.8. The van der Waals surface area contributed by atoms with Gasteiger partial charge in [0.2, 0.25) is 6.41 Å². The number of fused-ring (bicyclic) bond motifs is 2. The highest BCUT2D eigenvalue weighted by atomic mass is 16.1. The van der Waals surface area contributed by atoms with E-state index < -0.39 is 0 Å². The lowest BCUT2D eigenvalue weighted by Crippen LogP contribution is -2.27. The third-order valence-electron chi connectivity index (χ3n) is 4.11. The highest BCUT2D eigenvalue weighted by Crippen LogP contribution is 2.30. The van der Waals surface area contributed by atoms with E-state index in [0.29, 0.717) is 0 Å². The third-order valence-corrected chi connectivity index (χ3v) is 4.11. The Morgan fingerprint density at radius 2 is 1.95 bits per heavy atom. The van der Waals surface area contributed by atoms with Crippen LogP contribution in [0, 0.1) is 0 Å². The molecule has 0 saturated carbocycles. The fraction of sp³-hybridized carbons (Fsp3) is 0.167. The number of amides is 1. The van der Waals surface area contributed by atoms with Crippen molar-refractivity contribution in [2.75, 3.05) is 11.4 Å². The van der Waals surface area contributed by atoms with Gasteiger partial charge < -0.3 is 4.90 Å². The van der Waals surface area contributed by atoms with Crippen LogP contribution in [0.2, 0.25) is 0 Å². The largest absolute Gasteiger partial charge is 0.315 e. The quantitative estimate of drug-likeness (QED) is 0.681. The summed E-state index contributed by atoms with van der Waals surface area (Å²) in [6, 6.07) is 14.0. The number of hydrogen-bond acceptors (Lipinski definition) is 3. The summed E-state index contributed by atoms with van der Waals surface area (Å²) in [4.78, 5) is 22.1. The van der Waals surface area contributed by atoms with Crippen LogP contribution in [0.3, 0.4) is 0 Å². The van der Waals surface area contributed by atoms with Crippen molar-refractivity contribution in [1.29, 1.82) is 0 Å². The van der Waals surface area contributed by atoms with Gasteiger partial charge in [-0.05, 0) is 42.7 Å². The third kappa shape index (κ3) is 2.13. The van der Waals surface area contributed by atoms with Crippen molar-refractivity contribution in [2.24, 2.45) is 0 Å². The summed E-state index contributed by atoms with van der Waals surface area (Å²) >= 11 is 0. The zero-order valence-electron chi connectivity index (χ0n) is 12.1. The molecule has 0 radical (unpaired) electrons. The summed E-state index contributed by atoms with van der Waals surface area (Å²) in [5.74, 6) is 0. The molecule has 4 rings (SSSR count). The molecule has 1 aliphatic heterocycles. The molecule has 0 aliphatic carbocycles. The first-order valence-electron chi connectivity index (χ1n) is 7.42. The molecule has 2 heterocycles. The maximum absolute atomic E-state index is 11.1. The molecule has 1 amide bonds. The van der Waals surface area contributed by atoms with Crippen LogP contribution in [0.4, 0.5) is 5.69 Å². The molecule has 22 heavy (non-hydrogen) atoms. The number of anilines is 1. The Kier molecular flexibility index (Phi) is 3.07. The molecular weight excluding hydrogens is 274 g/mol. The van der Waals surface area contributed by atoms with Gasteiger partial charge in [0.25, 0.3) is 0 Å². The van der Waals surface area contributed by atoms with E-state index in [9.17, 15) is 4.79 Å². The molecular formula is C18H15N3O. The van der Waals surface area contributed by atoms with Crippen molar-refractivity contribution in [1.82, 2.24) is 9.97 Å². The van der Waals surface area contributed by atoms with E-state index in [-0.39, 0.29) is 0 Å². The zero-order valence-corrected chi connectivity index (χ0v) is 12.1. The number of rotatable bonds is 2. The van der Waals surface area contributed by atoms with Gasteiger partial charge >= 0.3 is 0 Å². The van der Waals surface area contributed by atoms with Gasteiger partial charge in [-0.15, -0.1) is 0 Å². The van der Waals surface area contributed by atoms with Crippen molar-refractivity contribution < 1.29 is 4.79 Å². The summed E-state index contributed by atoms with van der Waals surface area (Å²) in [5.41, 5.74) is 5.92. The van der Waals surface area contributed by atoms with Crippen molar-refractivity contribution >= 4 is 23.1 Å². The molecule has 0 unspecified atom stereocenters. The minimum atomic E-state index is 0.797. The summed E-state index contributed by atoms with van der Waals surface area (Å²) in [6.45, 7) is 0.797. The van der Waals surface area contributed by atoms with E-state index in [1.165, 1.54) is 5.56 Å². The van der Waals surface area contributed by atoms with Gasteiger partial charge in [0.1, 0.15) is 0 Å². The van der Waals surface area contributed by atoms with Crippen LogP contribution >= 0.6 is 0 Å². The normalized spacial score (nSPS) is 13.9. The molecule has 0 spiro atoms. The van der Waals surface area contributed by atoms with E-state index in [1.54, 1.807) is 4.90 Å². The predicted octanol–water partition coefficient (Wildman–Crippen LogP) is 3.21. The molecule has 4 heteroatoms. The summed E-state index contributed by atoms with van der Waals surface area (Å²) < 4.78 is 0. The van der Waals surface area contributed by atoms with Gasteiger partial charge in [-0.25, -0.2) is 4.98 Å². The first kappa shape index (κ1) is 13.0. The maximum atomic E-state index is 11.1. The van der Waals surface area contributed by atoms with Gasteiger partial charge in [0, 0.05) is 17.8 Å². The fourth-order valence-corrected chi connectivity index (χ4v) is 2.99. The van der Waals surface area contributed by atoms with Gasteiger partial charge in [0.05, 0.1) is 22.9 Å². The van der Waals surface area contributed by atoms with Crippen LogP contribution in [0.5, 0.6) is 0 Å². The number of aromatic nitrogens is 2. The minimum Gasteiger partial charge on any atom is -0.315 e. The summed E-state index contributed by atoms with van der Waals surface area (Å²) in [6.07, 6.45) is 4.71. The van der Waals surface area contributed by atoms with Crippen LogP contribution < -0.4 is 4.90 Å². The summed E-state index contributed by atoms with van der Waals surface area (Å²) in [7, 11) is 0. The van der Waals surface area contributed by atoms with Gasteiger partial charge in [-0.1, -0.05) is 18.2 Å². The first-order valence-corrected chi connectivity index (χ1v) is 7.42. The zero-order chi connectivity index (χ0) is 14.9. The standard InChI is InChI=1S/C18H15N3O/c22-12-21-9-3-4-14-10-13(7-8-18(14)21)17-11-19-15-5-1-2-6-16(15)20-17/h1-2,5-8,10-12H,3-4,9H2. The molecule has 0 bridgehead atoms. The van der Waals surface area contributed by atoms with Gasteiger partial charge in [-0.3, -0.25) is 9.78 Å².